The third-order valence-electron chi connectivity index (χ3n) is 4.17. The van der Waals surface area contributed by atoms with Crippen LogP contribution in [-0.4, -0.2) is 49.7 Å². The molecule has 2 amide bonds. The molecule has 7 heteroatoms. The average molecular weight is 308 g/mol. The first-order chi connectivity index (χ1) is 10.1. The van der Waals surface area contributed by atoms with Crippen LogP contribution >= 0.6 is 11.8 Å². The monoisotopic (exact) mass is 308 g/mol. The maximum Gasteiger partial charge on any atom is 0.243 e. The predicted octanol–water partition coefficient (Wildman–Crippen LogP) is 0.843. The number of carbonyl (C=O) groups excluding carboxylic acids is 2. The number of hydrogen-bond acceptors (Lipinski definition) is 4. The first-order valence-electron chi connectivity index (χ1n) is 7.31. The second-order valence-corrected chi connectivity index (χ2v) is 7.18. The summed E-state index contributed by atoms with van der Waals surface area (Å²) >= 11 is 1.72. The van der Waals surface area contributed by atoms with Crippen molar-refractivity contribution >= 4 is 23.6 Å². The average Bonchev–Trinajstić information content (AvgIpc) is 3.14. The van der Waals surface area contributed by atoms with Crippen LogP contribution in [0.25, 0.3) is 0 Å². The molecule has 0 saturated carbocycles. The van der Waals surface area contributed by atoms with Gasteiger partial charge in [-0.05, 0) is 25.8 Å². The molecule has 0 aromatic carbocycles. The SMILES string of the molecule is C[C@]12CCC(=O)N1[C@H](C(=O)NCCCn1cccn1)CS2. The fraction of sp³-hybridized carbons (Fsp3) is 0.643. The molecule has 1 N–H and O–H groups in total. The summed E-state index contributed by atoms with van der Waals surface area (Å²) in [6.07, 6.45) is 5.89. The van der Waals surface area contributed by atoms with Gasteiger partial charge in [0, 0.05) is 37.7 Å². The number of aromatic nitrogens is 2. The number of aryl methyl sites for hydroxylation is 1. The van der Waals surface area contributed by atoms with Gasteiger partial charge in [-0.1, -0.05) is 0 Å². The van der Waals surface area contributed by atoms with Crippen molar-refractivity contribution in [2.45, 2.75) is 43.6 Å². The highest BCUT2D eigenvalue weighted by Crippen LogP contribution is 2.47. The number of carbonyl (C=O) groups is 2. The zero-order chi connectivity index (χ0) is 14.9. The standard InChI is InChI=1S/C14H20N4O2S/c1-14-5-4-12(19)18(14)11(10-21-14)13(20)15-6-2-8-17-9-3-7-16-17/h3,7,9,11H,2,4-6,8,10H2,1H3,(H,15,20)/t11-,14-/m0/s1. The van der Waals surface area contributed by atoms with Gasteiger partial charge in [0.2, 0.25) is 11.8 Å². The quantitative estimate of drug-likeness (QED) is 0.819. The first kappa shape index (κ1) is 14.4. The maximum atomic E-state index is 12.3. The van der Waals surface area contributed by atoms with Crippen molar-refractivity contribution in [3.05, 3.63) is 18.5 Å². The molecule has 3 heterocycles. The van der Waals surface area contributed by atoms with Crippen LogP contribution in [0.2, 0.25) is 0 Å². The van der Waals surface area contributed by atoms with Crippen LogP contribution in [0.5, 0.6) is 0 Å². The molecule has 2 fully saturated rings. The van der Waals surface area contributed by atoms with E-state index in [9.17, 15) is 9.59 Å². The van der Waals surface area contributed by atoms with Crippen molar-refractivity contribution in [2.24, 2.45) is 0 Å². The molecular formula is C14H20N4O2S. The summed E-state index contributed by atoms with van der Waals surface area (Å²) < 4.78 is 1.85. The summed E-state index contributed by atoms with van der Waals surface area (Å²) in [5.74, 6) is 0.786. The molecule has 0 unspecified atom stereocenters. The molecule has 2 saturated heterocycles. The van der Waals surface area contributed by atoms with Gasteiger partial charge >= 0.3 is 0 Å². The van der Waals surface area contributed by atoms with Crippen molar-refractivity contribution < 1.29 is 9.59 Å². The Morgan fingerprint density at radius 1 is 1.62 bits per heavy atom. The molecular weight excluding hydrogens is 288 g/mol. The lowest BCUT2D eigenvalue weighted by atomic mass is 10.2. The number of thioether (sulfide) groups is 1. The minimum Gasteiger partial charge on any atom is -0.354 e. The van der Waals surface area contributed by atoms with Crippen molar-refractivity contribution in [2.75, 3.05) is 12.3 Å². The van der Waals surface area contributed by atoms with Crippen molar-refractivity contribution in [1.29, 1.82) is 0 Å². The zero-order valence-corrected chi connectivity index (χ0v) is 12.9. The van der Waals surface area contributed by atoms with E-state index in [0.29, 0.717) is 18.7 Å². The van der Waals surface area contributed by atoms with Crippen LogP contribution < -0.4 is 5.32 Å². The lowest BCUT2D eigenvalue weighted by Crippen LogP contribution is -2.50. The number of fused-ring (bicyclic) bond motifs is 1. The molecule has 1 aromatic heterocycles. The van der Waals surface area contributed by atoms with E-state index >= 15 is 0 Å². The van der Waals surface area contributed by atoms with Gasteiger partial charge in [0.25, 0.3) is 0 Å². The van der Waals surface area contributed by atoms with Crippen LogP contribution in [0.1, 0.15) is 26.2 Å². The van der Waals surface area contributed by atoms with Gasteiger partial charge in [0.1, 0.15) is 6.04 Å². The van der Waals surface area contributed by atoms with E-state index < -0.39 is 0 Å². The molecule has 114 valence electrons. The van der Waals surface area contributed by atoms with Gasteiger partial charge in [-0.3, -0.25) is 14.3 Å². The van der Waals surface area contributed by atoms with Crippen LogP contribution in [0.3, 0.4) is 0 Å². The Labute approximate surface area is 128 Å². The third-order valence-corrected chi connectivity index (χ3v) is 5.68. The summed E-state index contributed by atoms with van der Waals surface area (Å²) in [6.45, 7) is 3.46. The first-order valence-corrected chi connectivity index (χ1v) is 8.30. The fourth-order valence-corrected chi connectivity index (χ4v) is 4.45. The molecule has 0 radical (unpaired) electrons. The molecule has 0 spiro atoms. The molecule has 21 heavy (non-hydrogen) atoms. The van der Waals surface area contributed by atoms with Crippen molar-refractivity contribution in [1.82, 2.24) is 20.0 Å². The highest BCUT2D eigenvalue weighted by Gasteiger charge is 2.52. The van der Waals surface area contributed by atoms with Gasteiger partial charge in [-0.15, -0.1) is 11.8 Å². The van der Waals surface area contributed by atoms with E-state index in [4.69, 9.17) is 0 Å². The van der Waals surface area contributed by atoms with E-state index in [2.05, 4.69) is 17.3 Å². The largest absolute Gasteiger partial charge is 0.354 e. The molecule has 2 atom stereocenters. The molecule has 1 aromatic rings. The predicted molar refractivity (Wildman–Crippen MR) is 80.6 cm³/mol. The maximum absolute atomic E-state index is 12.3. The Morgan fingerprint density at radius 2 is 2.48 bits per heavy atom. The minimum absolute atomic E-state index is 0.0260. The third kappa shape index (κ3) is 2.79. The van der Waals surface area contributed by atoms with Crippen LogP contribution in [0, 0.1) is 0 Å². The number of hydrogen-bond donors (Lipinski definition) is 1. The summed E-state index contributed by atoms with van der Waals surface area (Å²) in [4.78, 5) is 25.9. The molecule has 6 nitrogen and oxygen atoms in total. The van der Waals surface area contributed by atoms with Crippen molar-refractivity contribution in [3.8, 4) is 0 Å². The molecule has 2 aliphatic rings. The van der Waals surface area contributed by atoms with E-state index in [0.717, 1.165) is 19.4 Å². The summed E-state index contributed by atoms with van der Waals surface area (Å²) in [5, 5.41) is 7.07. The minimum atomic E-state index is -0.306. The molecule has 0 aliphatic carbocycles. The zero-order valence-electron chi connectivity index (χ0n) is 12.1. The Balaban J connectivity index is 1.48. The van der Waals surface area contributed by atoms with Gasteiger partial charge in [0.15, 0.2) is 0 Å². The Morgan fingerprint density at radius 3 is 3.24 bits per heavy atom. The molecule has 3 rings (SSSR count). The van der Waals surface area contributed by atoms with E-state index in [1.54, 1.807) is 22.9 Å². The second-order valence-electron chi connectivity index (χ2n) is 5.68. The Bertz CT molecular complexity index is 533. The van der Waals surface area contributed by atoms with Crippen molar-refractivity contribution in [3.63, 3.8) is 0 Å². The van der Waals surface area contributed by atoms with Gasteiger partial charge in [-0.2, -0.15) is 5.10 Å². The highest BCUT2D eigenvalue weighted by atomic mass is 32.2. The normalized spacial score (nSPS) is 28.0. The fourth-order valence-electron chi connectivity index (χ4n) is 3.02. The lowest BCUT2D eigenvalue weighted by molar-refractivity contribution is -0.137. The number of rotatable bonds is 5. The molecule has 2 aliphatic heterocycles. The topological polar surface area (TPSA) is 67.2 Å². The summed E-state index contributed by atoms with van der Waals surface area (Å²) in [6, 6.07) is 1.58. The Kier molecular flexibility index (Phi) is 3.93. The smallest absolute Gasteiger partial charge is 0.243 e. The highest BCUT2D eigenvalue weighted by molar-refractivity contribution is 8.01. The van der Waals surface area contributed by atoms with E-state index in [-0.39, 0.29) is 22.7 Å². The summed E-state index contributed by atoms with van der Waals surface area (Å²) in [5.41, 5.74) is 0. The number of nitrogens with one attached hydrogen (secondary N) is 1. The van der Waals surface area contributed by atoms with Crippen LogP contribution in [0.15, 0.2) is 18.5 Å². The second kappa shape index (κ2) is 5.71. The van der Waals surface area contributed by atoms with Gasteiger partial charge in [-0.25, -0.2) is 0 Å². The van der Waals surface area contributed by atoms with Crippen LogP contribution in [-0.2, 0) is 16.1 Å². The van der Waals surface area contributed by atoms with Crippen LogP contribution in [0.4, 0.5) is 0 Å². The number of nitrogens with zero attached hydrogens (tertiary/aromatic N) is 3. The van der Waals surface area contributed by atoms with Gasteiger partial charge < -0.3 is 10.2 Å². The molecule has 0 bridgehead atoms. The summed E-state index contributed by atoms with van der Waals surface area (Å²) in [7, 11) is 0. The van der Waals surface area contributed by atoms with Gasteiger partial charge in [0.05, 0.1) is 4.87 Å². The number of amides is 2. The van der Waals surface area contributed by atoms with E-state index in [1.165, 1.54) is 0 Å². The Hall–Kier alpha value is -1.50. The van der Waals surface area contributed by atoms with E-state index in [1.807, 2.05) is 16.9 Å². The lowest BCUT2D eigenvalue weighted by Gasteiger charge is -2.29.